The lowest BCUT2D eigenvalue weighted by atomic mass is 10.1. The first kappa shape index (κ1) is 14.8. The van der Waals surface area contributed by atoms with Crippen LogP contribution in [0.4, 0.5) is 13.2 Å². The van der Waals surface area contributed by atoms with Gasteiger partial charge in [0.15, 0.2) is 0 Å². The van der Waals surface area contributed by atoms with Crippen LogP contribution in [0.2, 0.25) is 0 Å². The lowest BCUT2D eigenvalue weighted by Gasteiger charge is -2.08. The van der Waals surface area contributed by atoms with Crippen LogP contribution in [0.5, 0.6) is 0 Å². The molecule has 2 aromatic carbocycles. The molecular weight excluding hydrogens is 313 g/mol. The molecule has 0 bridgehead atoms. The molecule has 0 saturated carbocycles. The van der Waals surface area contributed by atoms with E-state index >= 15 is 0 Å². The van der Waals surface area contributed by atoms with Gasteiger partial charge in [-0.15, -0.1) is 5.10 Å². The largest absolute Gasteiger partial charge is 0.408 e. The minimum Gasteiger partial charge on any atom is -0.211 e. The summed E-state index contributed by atoms with van der Waals surface area (Å²) in [6.45, 7) is -1.18. The Labute approximate surface area is 128 Å². The van der Waals surface area contributed by atoms with Crippen LogP contribution in [0.15, 0.2) is 47.6 Å². The molecule has 8 heteroatoms. The van der Waals surface area contributed by atoms with Crippen LogP contribution in [-0.2, 0) is 12.3 Å². The molecule has 0 aliphatic rings. The van der Waals surface area contributed by atoms with Crippen LogP contribution in [-0.4, -0.2) is 26.4 Å². The third kappa shape index (κ3) is 3.38. The Bertz CT molecular complexity index is 780. The number of nitrogens with zero attached hydrogens (tertiary/aromatic N) is 4. The molecule has 0 fully saturated rings. The number of thioether (sulfide) groups is 1. The lowest BCUT2D eigenvalue weighted by Crippen LogP contribution is -2.19. The molecule has 0 atom stereocenters. The zero-order valence-corrected chi connectivity index (χ0v) is 12.1. The molecule has 1 aromatic heterocycles. The van der Waals surface area contributed by atoms with Crippen molar-refractivity contribution >= 4 is 22.5 Å². The van der Waals surface area contributed by atoms with E-state index < -0.39 is 12.7 Å². The highest BCUT2D eigenvalue weighted by molar-refractivity contribution is 7.98. The van der Waals surface area contributed by atoms with Gasteiger partial charge < -0.3 is 0 Å². The molecule has 3 aromatic rings. The maximum atomic E-state index is 12.4. The van der Waals surface area contributed by atoms with Crippen molar-refractivity contribution in [1.82, 2.24) is 20.2 Å². The molecule has 4 nitrogen and oxygen atoms in total. The van der Waals surface area contributed by atoms with E-state index in [0.29, 0.717) is 5.75 Å². The summed E-state index contributed by atoms with van der Waals surface area (Å²) in [5, 5.41) is 12.7. The van der Waals surface area contributed by atoms with E-state index in [0.717, 1.165) is 21.0 Å². The SMILES string of the molecule is FC(F)(F)Cn1nnnc1SCc1cccc2ccccc12. The molecule has 22 heavy (non-hydrogen) atoms. The summed E-state index contributed by atoms with van der Waals surface area (Å²) in [6.07, 6.45) is -4.34. The van der Waals surface area contributed by atoms with Gasteiger partial charge in [-0.25, -0.2) is 4.68 Å². The number of hydrogen-bond donors (Lipinski definition) is 0. The van der Waals surface area contributed by atoms with E-state index in [9.17, 15) is 13.2 Å². The smallest absolute Gasteiger partial charge is 0.211 e. The van der Waals surface area contributed by atoms with E-state index in [-0.39, 0.29) is 5.16 Å². The molecule has 0 saturated heterocycles. The Morgan fingerprint density at radius 1 is 1.05 bits per heavy atom. The number of halogens is 3. The quantitative estimate of drug-likeness (QED) is 0.687. The molecule has 0 radical (unpaired) electrons. The Morgan fingerprint density at radius 3 is 2.64 bits per heavy atom. The summed E-state index contributed by atoms with van der Waals surface area (Å²) in [5.74, 6) is 0.500. The third-order valence-corrected chi connectivity index (χ3v) is 4.07. The fourth-order valence-corrected chi connectivity index (χ4v) is 3.01. The number of aromatic nitrogens is 4. The first-order valence-corrected chi connectivity index (χ1v) is 7.44. The van der Waals surface area contributed by atoms with Crippen molar-refractivity contribution in [3.05, 3.63) is 48.0 Å². The first-order valence-electron chi connectivity index (χ1n) is 6.45. The minimum atomic E-state index is -4.34. The van der Waals surface area contributed by atoms with Crippen molar-refractivity contribution in [3.8, 4) is 0 Å². The maximum Gasteiger partial charge on any atom is 0.408 e. The van der Waals surface area contributed by atoms with Gasteiger partial charge in [0.05, 0.1) is 0 Å². The van der Waals surface area contributed by atoms with Crippen molar-refractivity contribution in [2.75, 3.05) is 0 Å². The van der Waals surface area contributed by atoms with E-state index in [2.05, 4.69) is 15.5 Å². The molecule has 0 unspecified atom stereocenters. The second-order valence-electron chi connectivity index (χ2n) is 4.66. The van der Waals surface area contributed by atoms with E-state index in [1.807, 2.05) is 42.5 Å². The molecule has 0 aliphatic heterocycles. The number of tetrazole rings is 1. The highest BCUT2D eigenvalue weighted by atomic mass is 32.2. The van der Waals surface area contributed by atoms with Gasteiger partial charge in [0.1, 0.15) is 6.54 Å². The average molecular weight is 324 g/mol. The Morgan fingerprint density at radius 2 is 1.82 bits per heavy atom. The van der Waals surface area contributed by atoms with Crippen LogP contribution in [0, 0.1) is 0 Å². The summed E-state index contributed by atoms with van der Waals surface area (Å²) >= 11 is 1.19. The molecule has 3 rings (SSSR count). The highest BCUT2D eigenvalue weighted by Gasteiger charge is 2.30. The van der Waals surface area contributed by atoms with Gasteiger partial charge in [-0.1, -0.05) is 54.2 Å². The van der Waals surface area contributed by atoms with Gasteiger partial charge in [-0.05, 0) is 26.8 Å². The number of alkyl halides is 3. The monoisotopic (exact) mass is 324 g/mol. The van der Waals surface area contributed by atoms with Gasteiger partial charge in [0, 0.05) is 5.75 Å². The normalized spacial score (nSPS) is 12.0. The van der Waals surface area contributed by atoms with Crippen LogP contribution in [0.3, 0.4) is 0 Å². The molecule has 0 aliphatic carbocycles. The number of rotatable bonds is 4. The van der Waals surface area contributed by atoms with Crippen LogP contribution in [0.25, 0.3) is 10.8 Å². The van der Waals surface area contributed by atoms with Crippen molar-refractivity contribution in [2.45, 2.75) is 23.6 Å². The molecule has 0 spiro atoms. The summed E-state index contributed by atoms with van der Waals surface area (Å²) in [7, 11) is 0. The average Bonchev–Trinajstić information content (AvgIpc) is 2.90. The molecule has 1 heterocycles. The topological polar surface area (TPSA) is 43.6 Å². The van der Waals surface area contributed by atoms with Gasteiger partial charge in [0.2, 0.25) is 5.16 Å². The second-order valence-corrected chi connectivity index (χ2v) is 5.60. The van der Waals surface area contributed by atoms with E-state index in [1.165, 1.54) is 11.8 Å². The van der Waals surface area contributed by atoms with E-state index in [4.69, 9.17) is 0 Å². The third-order valence-electron chi connectivity index (χ3n) is 3.06. The lowest BCUT2D eigenvalue weighted by molar-refractivity contribution is -0.144. The highest BCUT2D eigenvalue weighted by Crippen LogP contribution is 2.27. The van der Waals surface area contributed by atoms with Gasteiger partial charge in [-0.2, -0.15) is 13.2 Å². The fourth-order valence-electron chi connectivity index (χ4n) is 2.13. The second kappa shape index (κ2) is 5.96. The number of hydrogen-bond acceptors (Lipinski definition) is 4. The maximum absolute atomic E-state index is 12.4. The predicted octanol–water partition coefficient (Wildman–Crippen LogP) is 3.68. The summed E-state index contributed by atoms with van der Waals surface area (Å²) in [5.41, 5.74) is 1.03. The van der Waals surface area contributed by atoms with Crippen molar-refractivity contribution in [1.29, 1.82) is 0 Å². The van der Waals surface area contributed by atoms with Gasteiger partial charge in [0.25, 0.3) is 0 Å². The zero-order valence-electron chi connectivity index (χ0n) is 11.3. The van der Waals surface area contributed by atoms with E-state index in [1.54, 1.807) is 0 Å². The van der Waals surface area contributed by atoms with Crippen LogP contribution < -0.4 is 0 Å². The van der Waals surface area contributed by atoms with Crippen LogP contribution >= 0.6 is 11.8 Å². The molecule has 0 amide bonds. The van der Waals surface area contributed by atoms with Gasteiger partial charge in [-0.3, -0.25) is 0 Å². The molecular formula is C14H11F3N4S. The minimum absolute atomic E-state index is 0.158. The summed E-state index contributed by atoms with van der Waals surface area (Å²) < 4.78 is 38.1. The fraction of sp³-hybridized carbons (Fsp3) is 0.214. The summed E-state index contributed by atoms with van der Waals surface area (Å²) in [6, 6.07) is 13.7. The zero-order chi connectivity index (χ0) is 15.6. The predicted molar refractivity (Wildman–Crippen MR) is 77.4 cm³/mol. The standard InChI is InChI=1S/C14H11F3N4S/c15-14(16,17)9-21-13(18-19-20-21)22-8-11-6-3-5-10-4-1-2-7-12(10)11/h1-7H,8-9H2. The van der Waals surface area contributed by atoms with Crippen molar-refractivity contribution in [2.24, 2.45) is 0 Å². The molecule has 114 valence electrons. The van der Waals surface area contributed by atoms with Gasteiger partial charge >= 0.3 is 6.18 Å². The Balaban J connectivity index is 1.79. The molecule has 0 N–H and O–H groups in total. The summed E-state index contributed by atoms with van der Waals surface area (Å²) in [4.78, 5) is 0. The first-order chi connectivity index (χ1) is 10.5. The number of benzene rings is 2. The van der Waals surface area contributed by atoms with Crippen molar-refractivity contribution < 1.29 is 13.2 Å². The van der Waals surface area contributed by atoms with Crippen molar-refractivity contribution in [3.63, 3.8) is 0 Å². The number of fused-ring (bicyclic) bond motifs is 1. The Hall–Kier alpha value is -2.09. The van der Waals surface area contributed by atoms with Crippen LogP contribution in [0.1, 0.15) is 5.56 Å². The Kier molecular flexibility index (Phi) is 4.02.